The predicted octanol–water partition coefficient (Wildman–Crippen LogP) is 1.19. The molecule has 1 N–H and O–H groups in total. The number of aromatic nitrogens is 3. The molecule has 0 bridgehead atoms. The van der Waals surface area contributed by atoms with Crippen molar-refractivity contribution < 1.29 is 9.90 Å². The van der Waals surface area contributed by atoms with E-state index in [-0.39, 0.29) is 12.0 Å². The number of nitrogens with zero attached hydrogens (tertiary/aromatic N) is 6. The number of carbonyl (C=O) groups excluding carboxylic acids is 1. The first kappa shape index (κ1) is 18.6. The molecule has 8 heteroatoms. The maximum atomic E-state index is 12.9. The second-order valence-corrected chi connectivity index (χ2v) is 7.33. The Balaban J connectivity index is 1.39. The van der Waals surface area contributed by atoms with Gasteiger partial charge in [-0.05, 0) is 37.5 Å². The van der Waals surface area contributed by atoms with E-state index < -0.39 is 0 Å². The van der Waals surface area contributed by atoms with Crippen molar-refractivity contribution in [3.8, 4) is 0 Å². The van der Waals surface area contributed by atoms with Crippen LogP contribution >= 0.6 is 0 Å². The van der Waals surface area contributed by atoms with Gasteiger partial charge in [0.15, 0.2) is 0 Å². The van der Waals surface area contributed by atoms with E-state index in [2.05, 4.69) is 24.8 Å². The number of piperidine rings is 1. The first-order valence-electron chi connectivity index (χ1n) is 9.91. The van der Waals surface area contributed by atoms with Crippen molar-refractivity contribution in [2.45, 2.75) is 25.4 Å². The molecule has 2 aromatic heterocycles. The molecule has 28 heavy (non-hydrogen) atoms. The lowest BCUT2D eigenvalue weighted by Gasteiger charge is -2.31. The number of aliphatic hydroxyl groups excluding tert-OH is 1. The minimum Gasteiger partial charge on any atom is -0.391 e. The topological polar surface area (TPSA) is 85.7 Å². The van der Waals surface area contributed by atoms with Gasteiger partial charge in [-0.1, -0.05) is 0 Å². The SMILES string of the molecule is O=C(c1ccc(N2CCC[C@@H](O)C2)nc1)N1CCCN(c2ncccn2)CC1. The van der Waals surface area contributed by atoms with Crippen LogP contribution in [-0.4, -0.2) is 76.2 Å². The summed E-state index contributed by atoms with van der Waals surface area (Å²) in [5, 5.41) is 9.84. The fourth-order valence-corrected chi connectivity index (χ4v) is 3.82. The van der Waals surface area contributed by atoms with Crippen LogP contribution in [0.1, 0.15) is 29.6 Å². The summed E-state index contributed by atoms with van der Waals surface area (Å²) >= 11 is 0. The monoisotopic (exact) mass is 382 g/mol. The van der Waals surface area contributed by atoms with Gasteiger partial charge < -0.3 is 19.8 Å². The molecule has 2 fully saturated rings. The maximum Gasteiger partial charge on any atom is 0.255 e. The summed E-state index contributed by atoms with van der Waals surface area (Å²) in [4.78, 5) is 32.1. The standard InChI is InChI=1S/C20H26N6O2/c27-17-4-1-9-26(15-17)18-6-5-16(14-23-18)19(28)24-10-3-11-25(13-12-24)20-21-7-2-8-22-20/h2,5-8,14,17,27H,1,3-4,9-13,15H2/t17-/m1/s1. The third kappa shape index (κ3) is 4.22. The van der Waals surface area contributed by atoms with Gasteiger partial charge in [-0.2, -0.15) is 0 Å². The Kier molecular flexibility index (Phi) is 5.66. The molecule has 0 aliphatic carbocycles. The molecule has 148 valence electrons. The quantitative estimate of drug-likeness (QED) is 0.853. The average molecular weight is 382 g/mol. The van der Waals surface area contributed by atoms with Crippen LogP contribution in [0.5, 0.6) is 0 Å². The Labute approximate surface area is 164 Å². The van der Waals surface area contributed by atoms with Gasteiger partial charge >= 0.3 is 0 Å². The van der Waals surface area contributed by atoms with Crippen LogP contribution in [0.2, 0.25) is 0 Å². The van der Waals surface area contributed by atoms with Crippen LogP contribution in [0, 0.1) is 0 Å². The average Bonchev–Trinajstić information content (AvgIpc) is 3.00. The van der Waals surface area contributed by atoms with E-state index >= 15 is 0 Å². The molecule has 1 amide bonds. The van der Waals surface area contributed by atoms with Gasteiger partial charge in [0.25, 0.3) is 5.91 Å². The van der Waals surface area contributed by atoms with Crippen LogP contribution < -0.4 is 9.80 Å². The normalized spacial score (nSPS) is 20.8. The number of amides is 1. The lowest BCUT2D eigenvalue weighted by molar-refractivity contribution is 0.0766. The second kappa shape index (κ2) is 8.52. The van der Waals surface area contributed by atoms with Crippen LogP contribution in [0.3, 0.4) is 0 Å². The van der Waals surface area contributed by atoms with E-state index in [0.29, 0.717) is 37.7 Å². The van der Waals surface area contributed by atoms with Crippen molar-refractivity contribution in [3.05, 3.63) is 42.4 Å². The molecule has 0 spiro atoms. The molecule has 4 rings (SSSR count). The molecule has 0 radical (unpaired) electrons. The number of anilines is 2. The van der Waals surface area contributed by atoms with Crippen LogP contribution in [0.4, 0.5) is 11.8 Å². The molecule has 2 saturated heterocycles. The van der Waals surface area contributed by atoms with Crippen molar-refractivity contribution in [2.24, 2.45) is 0 Å². The van der Waals surface area contributed by atoms with Crippen molar-refractivity contribution in [1.82, 2.24) is 19.9 Å². The highest BCUT2D eigenvalue weighted by molar-refractivity contribution is 5.94. The lowest BCUT2D eigenvalue weighted by Crippen LogP contribution is -2.39. The molecule has 2 aliphatic heterocycles. The number of pyridine rings is 1. The van der Waals surface area contributed by atoms with E-state index in [0.717, 1.165) is 38.2 Å². The number of aliphatic hydroxyl groups is 1. The van der Waals surface area contributed by atoms with Gasteiger partial charge in [0.1, 0.15) is 5.82 Å². The summed E-state index contributed by atoms with van der Waals surface area (Å²) < 4.78 is 0. The van der Waals surface area contributed by atoms with E-state index in [1.165, 1.54) is 0 Å². The molecule has 0 aromatic carbocycles. The molecule has 4 heterocycles. The summed E-state index contributed by atoms with van der Waals surface area (Å²) in [6.45, 7) is 4.39. The maximum absolute atomic E-state index is 12.9. The number of β-amino-alcohol motifs (C(OH)–C–C–N with tert-alkyl or cyclic N) is 1. The Morgan fingerprint density at radius 2 is 1.79 bits per heavy atom. The third-order valence-electron chi connectivity index (χ3n) is 5.33. The van der Waals surface area contributed by atoms with Gasteiger partial charge in [-0.15, -0.1) is 0 Å². The van der Waals surface area contributed by atoms with E-state index in [1.807, 2.05) is 17.0 Å². The van der Waals surface area contributed by atoms with Crippen molar-refractivity contribution in [1.29, 1.82) is 0 Å². The highest BCUT2D eigenvalue weighted by Crippen LogP contribution is 2.19. The van der Waals surface area contributed by atoms with E-state index in [4.69, 9.17) is 0 Å². The number of hydrogen-bond donors (Lipinski definition) is 1. The molecular weight excluding hydrogens is 356 g/mol. The lowest BCUT2D eigenvalue weighted by atomic mass is 10.1. The van der Waals surface area contributed by atoms with Crippen LogP contribution in [0.25, 0.3) is 0 Å². The zero-order chi connectivity index (χ0) is 19.3. The minimum absolute atomic E-state index is 0.00792. The van der Waals surface area contributed by atoms with Gasteiger partial charge in [0.05, 0.1) is 11.7 Å². The number of rotatable bonds is 3. The molecule has 8 nitrogen and oxygen atoms in total. The zero-order valence-corrected chi connectivity index (χ0v) is 15.9. The third-order valence-corrected chi connectivity index (χ3v) is 5.33. The highest BCUT2D eigenvalue weighted by Gasteiger charge is 2.23. The van der Waals surface area contributed by atoms with Gasteiger partial charge in [-0.3, -0.25) is 4.79 Å². The Hall–Kier alpha value is -2.74. The summed E-state index contributed by atoms with van der Waals surface area (Å²) in [5.74, 6) is 1.54. The Morgan fingerprint density at radius 1 is 0.964 bits per heavy atom. The van der Waals surface area contributed by atoms with Gasteiger partial charge in [0, 0.05) is 57.9 Å². The van der Waals surface area contributed by atoms with Crippen molar-refractivity contribution in [3.63, 3.8) is 0 Å². The second-order valence-electron chi connectivity index (χ2n) is 7.33. The molecule has 2 aromatic rings. The van der Waals surface area contributed by atoms with Gasteiger partial charge in [0.2, 0.25) is 5.95 Å². The fourth-order valence-electron chi connectivity index (χ4n) is 3.82. The molecule has 0 saturated carbocycles. The van der Waals surface area contributed by atoms with Crippen LogP contribution in [-0.2, 0) is 0 Å². The molecule has 2 aliphatic rings. The fraction of sp³-hybridized carbons (Fsp3) is 0.500. The summed E-state index contributed by atoms with van der Waals surface area (Å²) in [7, 11) is 0. The number of carbonyl (C=O) groups is 1. The minimum atomic E-state index is -0.300. The zero-order valence-electron chi connectivity index (χ0n) is 15.9. The first-order valence-corrected chi connectivity index (χ1v) is 9.91. The molecule has 1 atom stereocenters. The molecule has 0 unspecified atom stereocenters. The summed E-state index contributed by atoms with van der Waals surface area (Å²) in [6.07, 6.45) is 7.51. The largest absolute Gasteiger partial charge is 0.391 e. The Bertz CT molecular complexity index is 785. The van der Waals surface area contributed by atoms with Crippen LogP contribution in [0.15, 0.2) is 36.8 Å². The van der Waals surface area contributed by atoms with Crippen molar-refractivity contribution >= 4 is 17.7 Å². The van der Waals surface area contributed by atoms with Gasteiger partial charge in [-0.25, -0.2) is 15.0 Å². The summed E-state index contributed by atoms with van der Waals surface area (Å²) in [6, 6.07) is 5.53. The highest BCUT2D eigenvalue weighted by atomic mass is 16.3. The van der Waals surface area contributed by atoms with Crippen molar-refractivity contribution in [2.75, 3.05) is 49.1 Å². The predicted molar refractivity (Wildman–Crippen MR) is 106 cm³/mol. The van der Waals surface area contributed by atoms with E-state index in [9.17, 15) is 9.90 Å². The smallest absolute Gasteiger partial charge is 0.255 e. The van der Waals surface area contributed by atoms with E-state index in [1.54, 1.807) is 24.7 Å². The molecular formula is C20H26N6O2. The Morgan fingerprint density at radius 3 is 2.54 bits per heavy atom. The summed E-state index contributed by atoms with van der Waals surface area (Å²) in [5.41, 5.74) is 0.603. The first-order chi connectivity index (χ1) is 13.7. The number of hydrogen-bond acceptors (Lipinski definition) is 7.